The minimum atomic E-state index is -1.03. The average Bonchev–Trinajstić information content (AvgIpc) is 2.89. The van der Waals surface area contributed by atoms with Crippen LogP contribution in [0, 0.1) is 0 Å². The van der Waals surface area contributed by atoms with Gasteiger partial charge in [-0.3, -0.25) is 4.40 Å². The Morgan fingerprint density at radius 1 is 1.15 bits per heavy atom. The molecule has 20 heavy (non-hydrogen) atoms. The van der Waals surface area contributed by atoms with Gasteiger partial charge in [0.25, 0.3) is 0 Å². The first-order chi connectivity index (χ1) is 9.75. The van der Waals surface area contributed by atoms with E-state index in [-0.39, 0.29) is 12.2 Å². The van der Waals surface area contributed by atoms with E-state index in [1.165, 1.54) is 6.07 Å². The number of carboxylic acid groups (broad SMARTS) is 1. The molecule has 0 radical (unpaired) electrons. The van der Waals surface area contributed by atoms with Crippen LogP contribution < -0.4 is 4.74 Å². The van der Waals surface area contributed by atoms with Crippen molar-refractivity contribution in [1.29, 1.82) is 0 Å². The predicted octanol–water partition coefficient (Wildman–Crippen LogP) is 2.01. The second kappa shape index (κ2) is 5.00. The molecule has 0 atom stereocenters. The van der Waals surface area contributed by atoms with Crippen LogP contribution in [0.3, 0.4) is 0 Å². The topological polar surface area (TPSA) is 76.7 Å². The summed E-state index contributed by atoms with van der Waals surface area (Å²) in [6.07, 6.45) is 1.71. The molecule has 3 aromatic rings. The number of aromatic carboxylic acids is 1. The fourth-order valence-corrected chi connectivity index (χ4v) is 1.89. The monoisotopic (exact) mass is 269 g/mol. The summed E-state index contributed by atoms with van der Waals surface area (Å²) in [4.78, 5) is 11.1. The normalized spacial score (nSPS) is 10.6. The Morgan fingerprint density at radius 2 is 1.95 bits per heavy atom. The molecule has 1 aromatic carbocycles. The molecule has 0 aliphatic heterocycles. The van der Waals surface area contributed by atoms with Gasteiger partial charge in [0, 0.05) is 6.20 Å². The number of benzene rings is 1. The van der Waals surface area contributed by atoms with Gasteiger partial charge in [-0.15, -0.1) is 10.2 Å². The van der Waals surface area contributed by atoms with Crippen LogP contribution in [0.2, 0.25) is 0 Å². The van der Waals surface area contributed by atoms with Gasteiger partial charge >= 0.3 is 5.97 Å². The molecular weight excluding hydrogens is 258 g/mol. The van der Waals surface area contributed by atoms with Gasteiger partial charge < -0.3 is 9.84 Å². The maximum absolute atomic E-state index is 11.1. The molecule has 0 fully saturated rings. The van der Waals surface area contributed by atoms with Crippen LogP contribution in [-0.4, -0.2) is 25.7 Å². The Balaban J connectivity index is 1.90. The third-order valence-electron chi connectivity index (χ3n) is 2.85. The minimum absolute atomic E-state index is 0.117. The number of hydrogen-bond acceptors (Lipinski definition) is 4. The third-order valence-corrected chi connectivity index (χ3v) is 2.85. The molecule has 0 saturated heterocycles. The summed E-state index contributed by atoms with van der Waals surface area (Å²) in [7, 11) is 0. The zero-order chi connectivity index (χ0) is 13.9. The quantitative estimate of drug-likeness (QED) is 0.784. The third kappa shape index (κ3) is 2.18. The number of carbonyl (C=O) groups is 1. The average molecular weight is 269 g/mol. The van der Waals surface area contributed by atoms with Gasteiger partial charge in [0.15, 0.2) is 11.5 Å². The lowest BCUT2D eigenvalue weighted by molar-refractivity contribution is 0.0698. The fourth-order valence-electron chi connectivity index (χ4n) is 1.89. The highest BCUT2D eigenvalue weighted by Crippen LogP contribution is 2.13. The van der Waals surface area contributed by atoms with Crippen LogP contribution in [0.15, 0.2) is 48.7 Å². The number of fused-ring (bicyclic) bond motifs is 1. The van der Waals surface area contributed by atoms with Crippen molar-refractivity contribution in [2.45, 2.75) is 6.61 Å². The second-order valence-electron chi connectivity index (χ2n) is 4.14. The summed E-state index contributed by atoms with van der Waals surface area (Å²) >= 11 is 0. The molecule has 100 valence electrons. The van der Waals surface area contributed by atoms with E-state index in [1.54, 1.807) is 16.7 Å². The maximum Gasteiger partial charge on any atom is 0.339 e. The van der Waals surface area contributed by atoms with E-state index in [2.05, 4.69) is 10.2 Å². The van der Waals surface area contributed by atoms with E-state index in [0.717, 1.165) is 5.75 Å². The van der Waals surface area contributed by atoms with Crippen molar-refractivity contribution in [1.82, 2.24) is 14.6 Å². The zero-order valence-electron chi connectivity index (χ0n) is 10.4. The van der Waals surface area contributed by atoms with Gasteiger partial charge in [-0.1, -0.05) is 18.2 Å². The lowest BCUT2D eigenvalue weighted by atomic mass is 10.3. The highest BCUT2D eigenvalue weighted by atomic mass is 16.5. The van der Waals surface area contributed by atoms with Crippen molar-refractivity contribution >= 4 is 11.6 Å². The van der Waals surface area contributed by atoms with Gasteiger partial charge in [0.05, 0.1) is 0 Å². The Bertz CT molecular complexity index is 753. The predicted molar refractivity (Wildman–Crippen MR) is 70.7 cm³/mol. The van der Waals surface area contributed by atoms with Crippen molar-refractivity contribution in [3.05, 3.63) is 60.0 Å². The Kier molecular flexibility index (Phi) is 3.04. The van der Waals surface area contributed by atoms with Crippen molar-refractivity contribution in [3.63, 3.8) is 0 Å². The summed E-state index contributed by atoms with van der Waals surface area (Å²) in [6, 6.07) is 12.5. The van der Waals surface area contributed by atoms with Gasteiger partial charge in [-0.2, -0.15) is 0 Å². The number of aromatic nitrogens is 3. The lowest BCUT2D eigenvalue weighted by Crippen LogP contribution is -2.04. The molecular formula is C14H11N3O3. The summed E-state index contributed by atoms with van der Waals surface area (Å²) < 4.78 is 7.21. The standard InChI is InChI=1S/C14H11N3O3/c18-14(19)11-7-4-8-17-12(15-16-13(11)17)9-20-10-5-2-1-3-6-10/h1-8H,9H2,(H,18,19). The molecule has 3 rings (SSSR count). The van der Waals surface area contributed by atoms with Gasteiger partial charge in [0.1, 0.15) is 17.9 Å². The lowest BCUT2D eigenvalue weighted by Gasteiger charge is -2.04. The smallest absolute Gasteiger partial charge is 0.339 e. The van der Waals surface area contributed by atoms with Crippen LogP contribution >= 0.6 is 0 Å². The van der Waals surface area contributed by atoms with Crippen molar-refractivity contribution in [2.24, 2.45) is 0 Å². The number of hydrogen-bond donors (Lipinski definition) is 1. The largest absolute Gasteiger partial charge is 0.486 e. The highest BCUT2D eigenvalue weighted by Gasteiger charge is 2.13. The molecule has 6 nitrogen and oxygen atoms in total. The SMILES string of the molecule is O=C(O)c1cccn2c(COc3ccccc3)nnc12. The molecule has 0 unspecified atom stereocenters. The summed E-state index contributed by atoms with van der Waals surface area (Å²) in [6.45, 7) is 0.217. The molecule has 0 spiro atoms. The first kappa shape index (κ1) is 12.2. The Morgan fingerprint density at radius 3 is 2.70 bits per heavy atom. The van der Waals surface area contributed by atoms with Crippen LogP contribution in [0.25, 0.3) is 5.65 Å². The number of nitrogens with zero attached hydrogens (tertiary/aromatic N) is 3. The first-order valence-corrected chi connectivity index (χ1v) is 5.99. The highest BCUT2D eigenvalue weighted by molar-refractivity contribution is 5.94. The molecule has 0 bridgehead atoms. The van der Waals surface area contributed by atoms with Crippen LogP contribution in [0.1, 0.15) is 16.2 Å². The number of rotatable bonds is 4. The first-order valence-electron chi connectivity index (χ1n) is 5.99. The van der Waals surface area contributed by atoms with E-state index in [1.807, 2.05) is 30.3 Å². The second-order valence-corrected chi connectivity index (χ2v) is 4.14. The molecule has 0 aliphatic carbocycles. The number of pyridine rings is 1. The van der Waals surface area contributed by atoms with Gasteiger partial charge in [0.2, 0.25) is 0 Å². The fraction of sp³-hybridized carbons (Fsp3) is 0.0714. The molecule has 6 heteroatoms. The summed E-state index contributed by atoms with van der Waals surface area (Å²) in [5.74, 6) is 0.240. The molecule has 0 aliphatic rings. The zero-order valence-corrected chi connectivity index (χ0v) is 10.4. The van der Waals surface area contributed by atoms with Crippen LogP contribution in [0.5, 0.6) is 5.75 Å². The van der Waals surface area contributed by atoms with E-state index >= 15 is 0 Å². The van der Waals surface area contributed by atoms with E-state index in [0.29, 0.717) is 11.5 Å². The van der Waals surface area contributed by atoms with Crippen LogP contribution in [0.4, 0.5) is 0 Å². The molecule has 1 N–H and O–H groups in total. The van der Waals surface area contributed by atoms with Crippen LogP contribution in [-0.2, 0) is 6.61 Å². The van der Waals surface area contributed by atoms with E-state index in [9.17, 15) is 4.79 Å². The summed E-state index contributed by atoms with van der Waals surface area (Å²) in [5.41, 5.74) is 0.428. The molecule has 0 amide bonds. The van der Waals surface area contributed by atoms with Gasteiger partial charge in [-0.05, 0) is 24.3 Å². The minimum Gasteiger partial charge on any atom is -0.486 e. The maximum atomic E-state index is 11.1. The number of ether oxygens (including phenoxy) is 1. The Labute approximate surface area is 114 Å². The van der Waals surface area contributed by atoms with Crippen molar-refractivity contribution in [2.75, 3.05) is 0 Å². The molecule has 0 saturated carbocycles. The van der Waals surface area contributed by atoms with Crippen molar-refractivity contribution in [3.8, 4) is 5.75 Å². The van der Waals surface area contributed by atoms with Crippen molar-refractivity contribution < 1.29 is 14.6 Å². The van der Waals surface area contributed by atoms with E-state index in [4.69, 9.17) is 9.84 Å². The van der Waals surface area contributed by atoms with E-state index < -0.39 is 5.97 Å². The molecule has 2 heterocycles. The Hall–Kier alpha value is -2.89. The van der Waals surface area contributed by atoms with Gasteiger partial charge in [-0.25, -0.2) is 4.79 Å². The molecule has 2 aromatic heterocycles. The summed E-state index contributed by atoms with van der Waals surface area (Å²) in [5, 5.41) is 17.0. The number of carboxylic acids is 1. The number of para-hydroxylation sites is 1.